The van der Waals surface area contributed by atoms with Crippen LogP contribution in [0.2, 0.25) is 0 Å². The largest absolute Gasteiger partial charge is 0.492 e. The Labute approximate surface area is 270 Å². The molecule has 1 aliphatic carbocycles. The van der Waals surface area contributed by atoms with Gasteiger partial charge in [0.1, 0.15) is 12.4 Å². The number of halogens is 3. The van der Waals surface area contributed by atoms with Gasteiger partial charge in [0.2, 0.25) is 5.91 Å². The molecule has 0 unspecified atom stereocenters. The quantitative estimate of drug-likeness (QED) is 0.174. The normalized spacial score (nSPS) is 13.3. The van der Waals surface area contributed by atoms with Crippen LogP contribution in [0.3, 0.4) is 0 Å². The number of alkyl halides is 3. The molecular formula is C36H46F3N3O4. The lowest BCUT2D eigenvalue weighted by molar-refractivity contribution is -0.192. The molecule has 0 aromatic heterocycles. The fraction of sp³-hybridized carbons (Fsp3) is 0.444. The van der Waals surface area contributed by atoms with Crippen molar-refractivity contribution in [1.29, 1.82) is 0 Å². The van der Waals surface area contributed by atoms with Crippen molar-refractivity contribution in [1.82, 2.24) is 15.1 Å². The van der Waals surface area contributed by atoms with Gasteiger partial charge in [-0.05, 0) is 60.8 Å². The van der Waals surface area contributed by atoms with E-state index >= 15 is 0 Å². The number of carboxylic acid groups (broad SMARTS) is 1. The van der Waals surface area contributed by atoms with Crippen LogP contribution in [0.5, 0.6) is 5.75 Å². The first-order valence-electron chi connectivity index (χ1n) is 15.8. The Morgan fingerprint density at radius 1 is 0.870 bits per heavy atom. The van der Waals surface area contributed by atoms with E-state index in [-0.39, 0.29) is 0 Å². The number of ether oxygens (including phenoxy) is 1. The van der Waals surface area contributed by atoms with Crippen molar-refractivity contribution in [2.75, 3.05) is 40.3 Å². The molecule has 3 aromatic carbocycles. The first kappa shape index (κ1) is 36.6. The third-order valence-electron chi connectivity index (χ3n) is 7.89. The summed E-state index contributed by atoms with van der Waals surface area (Å²) in [6.45, 7) is 4.59. The number of aliphatic carboxylic acids is 1. The summed E-state index contributed by atoms with van der Waals surface area (Å²) in [6.07, 6.45) is 1.90. The van der Waals surface area contributed by atoms with Crippen LogP contribution in [0.15, 0.2) is 78.9 Å². The SMILES string of the molecule is CN(C)CCN(Cc1ccc(-c2ccc(CNCCOc3ccccc3)cc2)cc1)C(=O)CCC1CCCC1.O=C(O)C(F)(F)F. The predicted octanol–water partition coefficient (Wildman–Crippen LogP) is 7.02. The number of rotatable bonds is 15. The van der Waals surface area contributed by atoms with Gasteiger partial charge in [0.05, 0.1) is 0 Å². The number of carbonyl (C=O) groups excluding carboxylic acids is 1. The summed E-state index contributed by atoms with van der Waals surface area (Å²) < 4.78 is 37.5. The van der Waals surface area contributed by atoms with Gasteiger partial charge in [0, 0.05) is 39.1 Å². The van der Waals surface area contributed by atoms with E-state index in [9.17, 15) is 18.0 Å². The highest BCUT2D eigenvalue weighted by molar-refractivity contribution is 5.76. The van der Waals surface area contributed by atoms with E-state index in [0.717, 1.165) is 44.3 Å². The number of carbonyl (C=O) groups is 2. The number of benzene rings is 3. The lowest BCUT2D eigenvalue weighted by Gasteiger charge is -2.25. The lowest BCUT2D eigenvalue weighted by Crippen LogP contribution is -2.36. The maximum absolute atomic E-state index is 13.1. The lowest BCUT2D eigenvalue weighted by atomic mass is 10.0. The maximum Gasteiger partial charge on any atom is 0.490 e. The molecule has 0 saturated heterocycles. The standard InChI is InChI=1S/C34H45N3O2.C2HF3O2/c1-36(2)23-24-37(34(38)21-16-28-8-6-7-9-28)27-30-14-19-32(20-15-30)31-17-12-29(13-18-31)26-35-22-25-39-33-10-4-3-5-11-33;3-2(4,5)1(6)7/h3-5,10-15,17-20,28,35H,6-9,16,21-27H2,1-2H3;(H,6,7). The molecule has 2 N–H and O–H groups in total. The second-order valence-corrected chi connectivity index (χ2v) is 11.8. The van der Waals surface area contributed by atoms with Gasteiger partial charge in [-0.3, -0.25) is 4.79 Å². The average Bonchev–Trinajstić information content (AvgIpc) is 3.56. The molecule has 3 aromatic rings. The summed E-state index contributed by atoms with van der Waals surface area (Å²) in [5.41, 5.74) is 4.84. The highest BCUT2D eigenvalue weighted by atomic mass is 19.4. The van der Waals surface area contributed by atoms with E-state index in [4.69, 9.17) is 14.6 Å². The number of nitrogens with one attached hydrogen (secondary N) is 1. The smallest absolute Gasteiger partial charge is 0.490 e. The minimum absolute atomic E-state index is 0.295. The summed E-state index contributed by atoms with van der Waals surface area (Å²) >= 11 is 0. The van der Waals surface area contributed by atoms with Crippen LogP contribution in [0.4, 0.5) is 13.2 Å². The number of amides is 1. The van der Waals surface area contributed by atoms with Gasteiger partial charge in [0.25, 0.3) is 0 Å². The number of likely N-dealkylation sites (N-methyl/N-ethyl adjacent to an activating group) is 1. The molecule has 0 atom stereocenters. The third-order valence-corrected chi connectivity index (χ3v) is 7.89. The number of hydrogen-bond donors (Lipinski definition) is 2. The fourth-order valence-electron chi connectivity index (χ4n) is 5.23. The van der Waals surface area contributed by atoms with Crippen molar-refractivity contribution >= 4 is 11.9 Å². The van der Waals surface area contributed by atoms with E-state index < -0.39 is 12.1 Å². The molecule has 0 spiro atoms. The van der Waals surface area contributed by atoms with Crippen LogP contribution < -0.4 is 10.1 Å². The van der Waals surface area contributed by atoms with Crippen LogP contribution in [0.25, 0.3) is 11.1 Å². The van der Waals surface area contributed by atoms with Crippen molar-refractivity contribution in [3.05, 3.63) is 90.0 Å². The zero-order chi connectivity index (χ0) is 33.4. The van der Waals surface area contributed by atoms with Gasteiger partial charge in [-0.25, -0.2) is 4.79 Å². The zero-order valence-electron chi connectivity index (χ0n) is 26.8. The molecule has 0 heterocycles. The molecule has 1 saturated carbocycles. The van der Waals surface area contributed by atoms with Gasteiger partial charge >= 0.3 is 12.1 Å². The number of carboxylic acids is 1. The van der Waals surface area contributed by atoms with Crippen molar-refractivity contribution in [3.8, 4) is 16.9 Å². The van der Waals surface area contributed by atoms with Crippen LogP contribution >= 0.6 is 0 Å². The zero-order valence-corrected chi connectivity index (χ0v) is 26.8. The van der Waals surface area contributed by atoms with E-state index in [1.165, 1.54) is 47.9 Å². The van der Waals surface area contributed by atoms with Crippen LogP contribution in [0, 0.1) is 5.92 Å². The fourth-order valence-corrected chi connectivity index (χ4v) is 5.23. The molecular weight excluding hydrogens is 595 g/mol. The first-order valence-corrected chi connectivity index (χ1v) is 15.8. The molecule has 0 bridgehead atoms. The molecule has 10 heteroatoms. The van der Waals surface area contributed by atoms with E-state index in [1.807, 2.05) is 30.3 Å². The Kier molecular flexibility index (Phi) is 15.1. The second-order valence-electron chi connectivity index (χ2n) is 11.8. The number of nitrogens with zero attached hydrogens (tertiary/aromatic N) is 2. The summed E-state index contributed by atoms with van der Waals surface area (Å²) in [5, 5.41) is 10.6. The van der Waals surface area contributed by atoms with Gasteiger partial charge in [-0.1, -0.05) is 92.4 Å². The van der Waals surface area contributed by atoms with Gasteiger partial charge in [-0.15, -0.1) is 0 Å². The highest BCUT2D eigenvalue weighted by Crippen LogP contribution is 2.29. The predicted molar refractivity (Wildman–Crippen MR) is 174 cm³/mol. The Hall–Kier alpha value is -3.89. The summed E-state index contributed by atoms with van der Waals surface area (Å²) in [5.74, 6) is -0.808. The van der Waals surface area contributed by atoms with E-state index in [0.29, 0.717) is 25.5 Å². The van der Waals surface area contributed by atoms with Crippen LogP contribution in [-0.2, 0) is 22.7 Å². The van der Waals surface area contributed by atoms with Crippen molar-refractivity contribution in [2.24, 2.45) is 5.92 Å². The molecule has 1 fully saturated rings. The van der Waals surface area contributed by atoms with Gasteiger partial charge in [-0.2, -0.15) is 13.2 Å². The number of hydrogen-bond acceptors (Lipinski definition) is 5. The topological polar surface area (TPSA) is 82.1 Å². The second kappa shape index (κ2) is 18.9. The summed E-state index contributed by atoms with van der Waals surface area (Å²) in [6, 6.07) is 27.3. The molecule has 46 heavy (non-hydrogen) atoms. The maximum atomic E-state index is 13.1. The molecule has 1 aliphatic rings. The Morgan fingerprint density at radius 2 is 1.43 bits per heavy atom. The number of para-hydroxylation sites is 1. The van der Waals surface area contributed by atoms with Crippen molar-refractivity contribution in [3.63, 3.8) is 0 Å². The van der Waals surface area contributed by atoms with Crippen LogP contribution in [0.1, 0.15) is 49.7 Å². The molecule has 7 nitrogen and oxygen atoms in total. The van der Waals surface area contributed by atoms with E-state index in [2.05, 4.69) is 77.7 Å². The third kappa shape index (κ3) is 13.6. The van der Waals surface area contributed by atoms with Crippen molar-refractivity contribution in [2.45, 2.75) is 57.8 Å². The molecule has 1 amide bonds. The highest BCUT2D eigenvalue weighted by Gasteiger charge is 2.38. The van der Waals surface area contributed by atoms with E-state index in [1.54, 1.807) is 0 Å². The van der Waals surface area contributed by atoms with Gasteiger partial charge < -0.3 is 25.0 Å². The van der Waals surface area contributed by atoms with Crippen LogP contribution in [-0.4, -0.2) is 73.3 Å². The Morgan fingerprint density at radius 3 is 1.98 bits per heavy atom. The van der Waals surface area contributed by atoms with Gasteiger partial charge in [0.15, 0.2) is 0 Å². The molecule has 4 rings (SSSR count). The Bertz CT molecular complexity index is 1310. The summed E-state index contributed by atoms with van der Waals surface area (Å²) in [4.78, 5) is 26.2. The minimum Gasteiger partial charge on any atom is -0.492 e. The molecule has 0 aliphatic heterocycles. The van der Waals surface area contributed by atoms with Crippen molar-refractivity contribution < 1.29 is 32.6 Å². The monoisotopic (exact) mass is 641 g/mol. The summed E-state index contributed by atoms with van der Waals surface area (Å²) in [7, 11) is 4.13. The first-order chi connectivity index (χ1) is 22.0. The average molecular weight is 642 g/mol. The Balaban J connectivity index is 0.000000738. The minimum atomic E-state index is -5.08. The molecule has 0 radical (unpaired) electrons. The molecule has 250 valence electrons.